The van der Waals surface area contributed by atoms with Crippen molar-refractivity contribution in [1.82, 2.24) is 15.2 Å². The van der Waals surface area contributed by atoms with Gasteiger partial charge in [-0.2, -0.15) is 10.1 Å². The Balaban J connectivity index is 1.42. The second kappa shape index (κ2) is 7.66. The Kier molecular flexibility index (Phi) is 5.11. The second-order valence-electron chi connectivity index (χ2n) is 7.26. The monoisotopic (exact) mass is 372 g/mol. The van der Waals surface area contributed by atoms with Gasteiger partial charge >= 0.3 is 0 Å². The van der Waals surface area contributed by atoms with Crippen LogP contribution in [0, 0.1) is 5.92 Å². The molecule has 0 N–H and O–H groups in total. The van der Waals surface area contributed by atoms with Crippen LogP contribution in [0.25, 0.3) is 0 Å². The molecule has 2 aliphatic heterocycles. The van der Waals surface area contributed by atoms with Gasteiger partial charge in [-0.05, 0) is 37.0 Å². The summed E-state index contributed by atoms with van der Waals surface area (Å²) in [5.74, 6) is 2.41. The first-order valence-corrected chi connectivity index (χ1v) is 9.77. The van der Waals surface area contributed by atoms with Crippen LogP contribution in [0.4, 0.5) is 17.5 Å². The highest BCUT2D eigenvalue weighted by Crippen LogP contribution is 2.24. The molecule has 1 atom stereocenters. The second-order valence-corrected chi connectivity index (χ2v) is 7.70. The predicted octanol–water partition coefficient (Wildman–Crippen LogP) is 3.09. The summed E-state index contributed by atoms with van der Waals surface area (Å²) in [5, 5.41) is 9.29. The molecule has 1 aromatic carbocycles. The van der Waals surface area contributed by atoms with Gasteiger partial charge in [0.2, 0.25) is 5.95 Å². The Bertz CT molecular complexity index is 746. The number of benzene rings is 1. The van der Waals surface area contributed by atoms with E-state index in [1.54, 1.807) is 6.20 Å². The van der Waals surface area contributed by atoms with Crippen LogP contribution in [0.1, 0.15) is 19.8 Å². The molecule has 7 heteroatoms. The fourth-order valence-electron chi connectivity index (χ4n) is 3.81. The van der Waals surface area contributed by atoms with Crippen molar-refractivity contribution in [3.05, 3.63) is 35.5 Å². The summed E-state index contributed by atoms with van der Waals surface area (Å²) < 4.78 is 0. The van der Waals surface area contributed by atoms with Gasteiger partial charge in [-0.25, -0.2) is 0 Å². The third-order valence-corrected chi connectivity index (χ3v) is 5.49. The van der Waals surface area contributed by atoms with Gasteiger partial charge in [0.05, 0.1) is 6.20 Å². The Hall–Kier alpha value is -2.08. The summed E-state index contributed by atoms with van der Waals surface area (Å²) in [4.78, 5) is 11.7. The molecule has 2 aromatic rings. The maximum Gasteiger partial charge on any atom is 0.247 e. The fraction of sp³-hybridized carbons (Fsp3) is 0.526. The molecule has 0 bridgehead atoms. The van der Waals surface area contributed by atoms with Gasteiger partial charge in [0.15, 0.2) is 5.82 Å². The van der Waals surface area contributed by atoms with Crippen molar-refractivity contribution in [3.63, 3.8) is 0 Å². The predicted molar refractivity (Wildman–Crippen MR) is 106 cm³/mol. The van der Waals surface area contributed by atoms with Crippen LogP contribution in [0.15, 0.2) is 30.5 Å². The van der Waals surface area contributed by atoms with Crippen LogP contribution < -0.4 is 14.7 Å². The number of nitrogens with zero attached hydrogens (tertiary/aromatic N) is 6. The van der Waals surface area contributed by atoms with E-state index in [0.29, 0.717) is 5.92 Å². The maximum atomic E-state index is 6.12. The van der Waals surface area contributed by atoms with Crippen molar-refractivity contribution in [2.45, 2.75) is 19.8 Å². The van der Waals surface area contributed by atoms with Crippen molar-refractivity contribution in [2.75, 3.05) is 54.0 Å². The molecule has 0 spiro atoms. The minimum absolute atomic E-state index is 0.711. The van der Waals surface area contributed by atoms with Crippen LogP contribution in [0.5, 0.6) is 0 Å². The normalized spacial score (nSPS) is 21.2. The number of hydrogen-bond donors (Lipinski definition) is 0. The zero-order valence-corrected chi connectivity index (χ0v) is 15.9. The van der Waals surface area contributed by atoms with Crippen LogP contribution in [-0.4, -0.2) is 54.4 Å². The van der Waals surface area contributed by atoms with E-state index in [9.17, 15) is 0 Å². The number of anilines is 3. The zero-order chi connectivity index (χ0) is 17.9. The van der Waals surface area contributed by atoms with E-state index in [2.05, 4.69) is 37.9 Å². The van der Waals surface area contributed by atoms with Crippen molar-refractivity contribution in [3.8, 4) is 0 Å². The third kappa shape index (κ3) is 3.85. The molecule has 26 heavy (non-hydrogen) atoms. The van der Waals surface area contributed by atoms with Gasteiger partial charge in [0.1, 0.15) is 0 Å². The average Bonchev–Trinajstić information content (AvgIpc) is 2.68. The number of halogens is 1. The van der Waals surface area contributed by atoms with Gasteiger partial charge in [0.25, 0.3) is 0 Å². The van der Waals surface area contributed by atoms with Crippen molar-refractivity contribution < 1.29 is 0 Å². The molecule has 0 radical (unpaired) electrons. The lowest BCUT2D eigenvalue weighted by atomic mass is 10.0. The number of hydrogen-bond acceptors (Lipinski definition) is 6. The molecule has 2 fully saturated rings. The molecule has 0 saturated carbocycles. The summed E-state index contributed by atoms with van der Waals surface area (Å²) in [6.45, 7) is 8.04. The van der Waals surface area contributed by atoms with Crippen LogP contribution in [0.2, 0.25) is 5.02 Å². The minimum atomic E-state index is 0.711. The Labute approximate surface area is 159 Å². The third-order valence-electron chi connectivity index (χ3n) is 5.25. The molecule has 2 saturated heterocycles. The lowest BCUT2D eigenvalue weighted by Gasteiger charge is -2.36. The summed E-state index contributed by atoms with van der Waals surface area (Å²) in [6.07, 6.45) is 4.32. The van der Waals surface area contributed by atoms with E-state index in [1.807, 2.05) is 18.2 Å². The molecule has 1 unspecified atom stereocenters. The Morgan fingerprint density at radius 3 is 2.62 bits per heavy atom. The maximum absolute atomic E-state index is 6.12. The molecular formula is C19H25ClN6. The standard InChI is InChI=1S/C19H25ClN6/c1-15-4-3-7-26(14-15)18-13-21-23-19(22-18)25-10-8-24(9-11-25)17-6-2-5-16(20)12-17/h2,5-6,12-13,15H,3-4,7-11,14H2,1H3. The first-order chi connectivity index (χ1) is 12.7. The van der Waals surface area contributed by atoms with E-state index >= 15 is 0 Å². The Morgan fingerprint density at radius 2 is 1.85 bits per heavy atom. The van der Waals surface area contributed by atoms with Crippen molar-refractivity contribution in [2.24, 2.45) is 5.92 Å². The fourth-order valence-corrected chi connectivity index (χ4v) is 3.99. The molecule has 1 aromatic heterocycles. The van der Waals surface area contributed by atoms with E-state index < -0.39 is 0 Å². The van der Waals surface area contributed by atoms with Gasteiger partial charge < -0.3 is 14.7 Å². The van der Waals surface area contributed by atoms with Gasteiger partial charge in [-0.1, -0.05) is 24.6 Å². The lowest BCUT2D eigenvalue weighted by Crippen LogP contribution is -2.47. The molecule has 0 amide bonds. The Morgan fingerprint density at radius 1 is 1.04 bits per heavy atom. The van der Waals surface area contributed by atoms with E-state index in [0.717, 1.165) is 56.1 Å². The van der Waals surface area contributed by atoms with Crippen LogP contribution in [0.3, 0.4) is 0 Å². The molecule has 4 rings (SSSR count). The SMILES string of the molecule is CC1CCCN(c2cnnc(N3CCN(c4cccc(Cl)c4)CC3)n2)C1. The number of aromatic nitrogens is 3. The first-order valence-electron chi connectivity index (χ1n) is 9.39. The van der Waals surface area contributed by atoms with Gasteiger partial charge in [0, 0.05) is 50.0 Å². The van der Waals surface area contributed by atoms with Gasteiger partial charge in [-0.3, -0.25) is 0 Å². The molecule has 2 aliphatic rings. The molecule has 138 valence electrons. The van der Waals surface area contributed by atoms with E-state index in [-0.39, 0.29) is 0 Å². The molecule has 0 aliphatic carbocycles. The summed E-state index contributed by atoms with van der Waals surface area (Å²) in [6, 6.07) is 8.04. The summed E-state index contributed by atoms with van der Waals surface area (Å²) in [5.41, 5.74) is 1.17. The van der Waals surface area contributed by atoms with Crippen LogP contribution >= 0.6 is 11.6 Å². The average molecular weight is 373 g/mol. The topological polar surface area (TPSA) is 48.4 Å². The summed E-state index contributed by atoms with van der Waals surface area (Å²) >= 11 is 6.12. The first kappa shape index (κ1) is 17.3. The quantitative estimate of drug-likeness (QED) is 0.825. The van der Waals surface area contributed by atoms with E-state index in [4.69, 9.17) is 16.6 Å². The highest BCUT2D eigenvalue weighted by atomic mass is 35.5. The number of piperidine rings is 1. The molecular weight excluding hydrogens is 348 g/mol. The minimum Gasteiger partial charge on any atom is -0.368 e. The number of rotatable bonds is 3. The van der Waals surface area contributed by atoms with Crippen molar-refractivity contribution >= 4 is 29.1 Å². The van der Waals surface area contributed by atoms with Gasteiger partial charge in [-0.15, -0.1) is 5.10 Å². The zero-order valence-electron chi connectivity index (χ0n) is 15.2. The highest BCUT2D eigenvalue weighted by Gasteiger charge is 2.22. The number of piperazine rings is 1. The smallest absolute Gasteiger partial charge is 0.247 e. The molecule has 3 heterocycles. The van der Waals surface area contributed by atoms with Crippen molar-refractivity contribution in [1.29, 1.82) is 0 Å². The summed E-state index contributed by atoms with van der Waals surface area (Å²) in [7, 11) is 0. The van der Waals surface area contributed by atoms with E-state index in [1.165, 1.54) is 18.5 Å². The largest absolute Gasteiger partial charge is 0.368 e. The van der Waals surface area contributed by atoms with Crippen LogP contribution in [-0.2, 0) is 0 Å². The lowest BCUT2D eigenvalue weighted by molar-refractivity contribution is 0.444. The molecule has 6 nitrogen and oxygen atoms in total. The highest BCUT2D eigenvalue weighted by molar-refractivity contribution is 6.30.